The predicted molar refractivity (Wildman–Crippen MR) is 158 cm³/mol. The Morgan fingerprint density at radius 3 is 2.38 bits per heavy atom. The molecule has 1 amide bonds. The van der Waals surface area contributed by atoms with Crippen LogP contribution in [0.4, 0.5) is 5.69 Å². The Hall–Kier alpha value is -4.17. The third-order valence-corrected chi connectivity index (χ3v) is 7.81. The maximum atomic E-state index is 13.5. The zero-order valence-electron chi connectivity index (χ0n) is 22.5. The molecule has 0 spiro atoms. The first kappa shape index (κ1) is 26.4. The van der Waals surface area contributed by atoms with Gasteiger partial charge in [-0.1, -0.05) is 80.2 Å². The Balaban J connectivity index is 1.61. The number of carbonyl (C=O) groups excluding carboxylic acids is 1. The molecule has 198 valence electrons. The van der Waals surface area contributed by atoms with Crippen molar-refractivity contribution in [2.75, 3.05) is 12.4 Å². The van der Waals surface area contributed by atoms with Gasteiger partial charge in [-0.2, -0.15) is 5.10 Å². The molecule has 1 N–H and O–H groups in total. The molecule has 0 radical (unpaired) electrons. The Kier molecular flexibility index (Phi) is 7.93. The van der Waals surface area contributed by atoms with Crippen LogP contribution in [0, 0.1) is 6.92 Å². The Bertz CT molecular complexity index is 1600. The van der Waals surface area contributed by atoms with Crippen LogP contribution in [-0.4, -0.2) is 38.0 Å². The SMILES string of the molecule is CCc1nn(-c2ccccc2)c2nc(-c3ccccc3)nc(S[C@@H](CC)C(=O)Nc3cc(C)ccc3OC)c12. The van der Waals surface area contributed by atoms with Crippen LogP contribution in [0.3, 0.4) is 0 Å². The molecule has 8 heteroatoms. The van der Waals surface area contributed by atoms with Crippen molar-refractivity contribution in [2.45, 2.75) is 43.9 Å². The van der Waals surface area contributed by atoms with Crippen LogP contribution in [-0.2, 0) is 11.2 Å². The van der Waals surface area contributed by atoms with Gasteiger partial charge in [-0.05, 0) is 49.6 Å². The fraction of sp³-hybridized carbons (Fsp3) is 0.226. The molecule has 7 nitrogen and oxygen atoms in total. The van der Waals surface area contributed by atoms with Crippen LogP contribution >= 0.6 is 11.8 Å². The quantitative estimate of drug-likeness (QED) is 0.163. The normalized spacial score (nSPS) is 11.9. The van der Waals surface area contributed by atoms with Gasteiger partial charge in [0, 0.05) is 5.56 Å². The minimum absolute atomic E-state index is 0.104. The molecule has 0 saturated heterocycles. The number of rotatable bonds is 9. The zero-order chi connectivity index (χ0) is 27.4. The van der Waals surface area contributed by atoms with Gasteiger partial charge in [0.05, 0.1) is 34.8 Å². The van der Waals surface area contributed by atoms with Crippen molar-refractivity contribution in [2.24, 2.45) is 0 Å². The molecule has 0 unspecified atom stereocenters. The van der Waals surface area contributed by atoms with Gasteiger partial charge in [-0.3, -0.25) is 4.79 Å². The van der Waals surface area contributed by atoms with Crippen molar-refractivity contribution in [3.8, 4) is 22.8 Å². The average molecular weight is 538 g/mol. The smallest absolute Gasteiger partial charge is 0.238 e. The van der Waals surface area contributed by atoms with Crippen molar-refractivity contribution in [1.82, 2.24) is 19.7 Å². The number of nitrogens with zero attached hydrogens (tertiary/aromatic N) is 4. The molecule has 1 atom stereocenters. The number of methoxy groups -OCH3 is 1. The first-order chi connectivity index (χ1) is 19.0. The number of anilines is 1. The molecule has 2 aromatic heterocycles. The molecule has 0 fully saturated rings. The number of nitrogens with one attached hydrogen (secondary N) is 1. The number of thioether (sulfide) groups is 1. The summed E-state index contributed by atoms with van der Waals surface area (Å²) < 4.78 is 7.36. The lowest BCUT2D eigenvalue weighted by Crippen LogP contribution is -2.25. The van der Waals surface area contributed by atoms with E-state index >= 15 is 0 Å². The maximum Gasteiger partial charge on any atom is 0.238 e. The summed E-state index contributed by atoms with van der Waals surface area (Å²) in [6.45, 7) is 6.07. The Morgan fingerprint density at radius 2 is 1.72 bits per heavy atom. The number of amides is 1. The fourth-order valence-electron chi connectivity index (χ4n) is 4.44. The number of benzene rings is 3. The number of aromatic nitrogens is 4. The van der Waals surface area contributed by atoms with Gasteiger partial charge in [0.1, 0.15) is 10.8 Å². The predicted octanol–water partition coefficient (Wildman–Crippen LogP) is 6.87. The minimum atomic E-state index is -0.387. The van der Waals surface area contributed by atoms with Gasteiger partial charge in [-0.15, -0.1) is 0 Å². The molecule has 2 heterocycles. The van der Waals surface area contributed by atoms with Gasteiger partial charge in [0.25, 0.3) is 0 Å². The van der Waals surface area contributed by atoms with E-state index in [0.717, 1.165) is 38.6 Å². The molecular weight excluding hydrogens is 506 g/mol. The summed E-state index contributed by atoms with van der Waals surface area (Å²) in [5.74, 6) is 1.12. The van der Waals surface area contributed by atoms with Crippen LogP contribution in [0.5, 0.6) is 5.75 Å². The van der Waals surface area contributed by atoms with E-state index in [1.54, 1.807) is 7.11 Å². The molecule has 5 rings (SSSR count). The van der Waals surface area contributed by atoms with Crippen LogP contribution in [0.25, 0.3) is 28.1 Å². The Morgan fingerprint density at radius 1 is 1.00 bits per heavy atom. The topological polar surface area (TPSA) is 81.9 Å². The number of aryl methyl sites for hydroxylation is 2. The first-order valence-electron chi connectivity index (χ1n) is 13.0. The molecule has 0 aliphatic carbocycles. The summed E-state index contributed by atoms with van der Waals surface area (Å²) in [5, 5.41) is 9.25. The van der Waals surface area contributed by atoms with Crippen molar-refractivity contribution in [1.29, 1.82) is 0 Å². The zero-order valence-corrected chi connectivity index (χ0v) is 23.3. The molecule has 0 saturated carbocycles. The number of ether oxygens (including phenoxy) is 1. The summed E-state index contributed by atoms with van der Waals surface area (Å²) in [4.78, 5) is 23.5. The minimum Gasteiger partial charge on any atom is -0.495 e. The average Bonchev–Trinajstić information content (AvgIpc) is 3.36. The second kappa shape index (κ2) is 11.7. The second-order valence-electron chi connectivity index (χ2n) is 9.17. The fourth-order valence-corrected chi connectivity index (χ4v) is 5.51. The summed E-state index contributed by atoms with van der Waals surface area (Å²) in [6.07, 6.45) is 1.33. The van der Waals surface area contributed by atoms with Gasteiger partial charge in [-0.25, -0.2) is 14.6 Å². The number of carbonyl (C=O) groups is 1. The highest BCUT2D eigenvalue weighted by atomic mass is 32.2. The Labute approximate surface area is 232 Å². The van der Waals surface area contributed by atoms with Crippen LogP contribution in [0.15, 0.2) is 83.9 Å². The summed E-state index contributed by atoms with van der Waals surface area (Å²) in [6, 6.07) is 25.6. The highest BCUT2D eigenvalue weighted by Gasteiger charge is 2.25. The van der Waals surface area contributed by atoms with E-state index in [9.17, 15) is 4.79 Å². The molecule has 0 aliphatic heterocycles. The summed E-state index contributed by atoms with van der Waals surface area (Å²) in [5.41, 5.74) is 5.15. The molecule has 0 aliphatic rings. The second-order valence-corrected chi connectivity index (χ2v) is 10.4. The van der Waals surface area contributed by atoms with E-state index in [2.05, 4.69) is 12.2 Å². The number of hydrogen-bond acceptors (Lipinski definition) is 6. The van der Waals surface area contributed by atoms with E-state index in [1.807, 2.05) is 97.4 Å². The lowest BCUT2D eigenvalue weighted by atomic mass is 10.2. The van der Waals surface area contributed by atoms with Crippen LogP contribution in [0.2, 0.25) is 0 Å². The third kappa shape index (κ3) is 5.52. The lowest BCUT2D eigenvalue weighted by Gasteiger charge is -2.17. The van der Waals surface area contributed by atoms with Gasteiger partial charge in [0.15, 0.2) is 11.5 Å². The largest absolute Gasteiger partial charge is 0.495 e. The lowest BCUT2D eigenvalue weighted by molar-refractivity contribution is -0.115. The van der Waals surface area contributed by atoms with E-state index in [-0.39, 0.29) is 11.2 Å². The van der Waals surface area contributed by atoms with Crippen molar-refractivity contribution in [3.05, 3.63) is 90.1 Å². The van der Waals surface area contributed by atoms with E-state index in [1.165, 1.54) is 11.8 Å². The summed E-state index contributed by atoms with van der Waals surface area (Å²) >= 11 is 1.45. The highest BCUT2D eigenvalue weighted by molar-refractivity contribution is 8.00. The standard InChI is InChI=1S/C31H31N5O2S/c1-5-23-27-29(36(35-23)22-15-11-8-12-16-22)33-28(21-13-9-7-10-14-21)34-31(27)39-26(6-2)30(37)32-24-19-20(3)17-18-25(24)38-4/h7-19,26H,5-6H2,1-4H3,(H,32,37)/t26-/m0/s1. The summed E-state index contributed by atoms with van der Waals surface area (Å²) in [7, 11) is 1.60. The molecular formula is C31H31N5O2S. The first-order valence-corrected chi connectivity index (χ1v) is 13.9. The van der Waals surface area contributed by atoms with E-state index < -0.39 is 0 Å². The highest BCUT2D eigenvalue weighted by Crippen LogP contribution is 2.36. The number of fused-ring (bicyclic) bond motifs is 1. The molecule has 3 aromatic carbocycles. The van der Waals surface area contributed by atoms with Gasteiger partial charge >= 0.3 is 0 Å². The van der Waals surface area contributed by atoms with Gasteiger partial charge < -0.3 is 10.1 Å². The van der Waals surface area contributed by atoms with E-state index in [4.69, 9.17) is 19.8 Å². The maximum absolute atomic E-state index is 13.5. The monoisotopic (exact) mass is 537 g/mol. The number of para-hydroxylation sites is 1. The van der Waals surface area contributed by atoms with Gasteiger partial charge in [0.2, 0.25) is 5.91 Å². The molecule has 5 aromatic rings. The van der Waals surface area contributed by atoms with Crippen LogP contribution < -0.4 is 10.1 Å². The van der Waals surface area contributed by atoms with E-state index in [0.29, 0.717) is 30.1 Å². The number of hydrogen-bond donors (Lipinski definition) is 1. The molecule has 0 bridgehead atoms. The van der Waals surface area contributed by atoms with Crippen molar-refractivity contribution >= 4 is 34.4 Å². The van der Waals surface area contributed by atoms with Crippen molar-refractivity contribution in [3.63, 3.8) is 0 Å². The third-order valence-electron chi connectivity index (χ3n) is 6.46. The van der Waals surface area contributed by atoms with Crippen molar-refractivity contribution < 1.29 is 9.53 Å². The molecule has 39 heavy (non-hydrogen) atoms. The van der Waals surface area contributed by atoms with Crippen LogP contribution in [0.1, 0.15) is 31.5 Å².